The summed E-state index contributed by atoms with van der Waals surface area (Å²) in [5, 5.41) is 10.0. The molecule has 2 heterocycles. The van der Waals surface area contributed by atoms with Crippen LogP contribution in [0.4, 0.5) is 0 Å². The van der Waals surface area contributed by atoms with Crippen LogP contribution in [0.3, 0.4) is 0 Å². The fraction of sp³-hybridized carbons (Fsp3) is 0.250. The molecule has 0 atom stereocenters. The van der Waals surface area contributed by atoms with Crippen molar-refractivity contribution < 1.29 is 28.9 Å². The summed E-state index contributed by atoms with van der Waals surface area (Å²) in [7, 11) is 0. The van der Waals surface area contributed by atoms with E-state index in [0.29, 0.717) is 23.4 Å². The number of phenols is 1. The Labute approximate surface area is 179 Å². The van der Waals surface area contributed by atoms with Gasteiger partial charge in [-0.2, -0.15) is 0 Å². The minimum atomic E-state index is -0.733. The van der Waals surface area contributed by atoms with Crippen molar-refractivity contribution in [3.63, 3.8) is 0 Å². The lowest BCUT2D eigenvalue weighted by atomic mass is 10.1. The molecule has 0 radical (unpaired) electrons. The van der Waals surface area contributed by atoms with E-state index in [2.05, 4.69) is 0 Å². The van der Waals surface area contributed by atoms with E-state index in [1.54, 1.807) is 25.1 Å². The van der Waals surface area contributed by atoms with Gasteiger partial charge in [0.1, 0.15) is 11.3 Å². The molecular weight excluding hydrogens is 398 g/mol. The summed E-state index contributed by atoms with van der Waals surface area (Å²) < 4.78 is 18.0. The molecule has 0 saturated heterocycles. The van der Waals surface area contributed by atoms with Crippen molar-refractivity contribution >= 4 is 11.8 Å². The van der Waals surface area contributed by atoms with Crippen molar-refractivity contribution in [3.8, 4) is 17.2 Å². The Morgan fingerprint density at radius 2 is 1.81 bits per heavy atom. The molecule has 1 aliphatic heterocycles. The molecular formula is C24H23NO6. The zero-order valence-corrected chi connectivity index (χ0v) is 17.6. The van der Waals surface area contributed by atoms with Crippen molar-refractivity contribution in [1.82, 2.24) is 4.57 Å². The topological polar surface area (TPSA) is 87.0 Å². The van der Waals surface area contributed by atoms with Gasteiger partial charge in [-0.05, 0) is 56.2 Å². The van der Waals surface area contributed by atoms with E-state index in [4.69, 9.17) is 14.2 Å². The summed E-state index contributed by atoms with van der Waals surface area (Å²) in [6.07, 6.45) is 0. The Bertz CT molecular complexity index is 1180. The van der Waals surface area contributed by atoms with Gasteiger partial charge >= 0.3 is 5.97 Å². The number of phenolic OH excluding ortho intramolecular Hbond substituents is 1. The monoisotopic (exact) mass is 421 g/mol. The van der Waals surface area contributed by atoms with Crippen LogP contribution in [-0.2, 0) is 11.3 Å². The number of nitrogens with zero attached hydrogens (tertiary/aromatic N) is 1. The molecule has 1 aromatic heterocycles. The first-order chi connectivity index (χ1) is 14.8. The van der Waals surface area contributed by atoms with E-state index < -0.39 is 12.6 Å². The number of benzene rings is 2. The Morgan fingerprint density at radius 3 is 2.61 bits per heavy atom. The number of aryl methyl sites for hydroxylation is 2. The fourth-order valence-electron chi connectivity index (χ4n) is 3.66. The van der Waals surface area contributed by atoms with Crippen molar-refractivity contribution in [2.75, 3.05) is 13.4 Å². The standard InChI is InChI=1S/C24H23NO6/c1-14-5-4-6-18(23(14)27)24(28)29-12-20(26)19-9-15(2)25(16(19)3)11-17-7-8-21-22(10-17)31-13-30-21/h4-10,27H,11-13H2,1-3H3. The maximum atomic E-state index is 12.7. The number of hydrogen-bond acceptors (Lipinski definition) is 6. The summed E-state index contributed by atoms with van der Waals surface area (Å²) in [4.78, 5) is 25.0. The molecule has 4 rings (SSSR count). The fourth-order valence-corrected chi connectivity index (χ4v) is 3.66. The first kappa shape index (κ1) is 20.5. The lowest BCUT2D eigenvalue weighted by Crippen LogP contribution is -2.15. The number of hydrogen-bond donors (Lipinski definition) is 1. The number of carbonyl (C=O) groups excluding carboxylic acids is 2. The number of esters is 1. The number of Topliss-reactive ketones (excluding diaryl/α,β-unsaturated/α-hetero) is 1. The normalized spacial score (nSPS) is 12.1. The quantitative estimate of drug-likeness (QED) is 0.479. The number of para-hydroxylation sites is 1. The molecule has 7 nitrogen and oxygen atoms in total. The van der Waals surface area contributed by atoms with E-state index in [9.17, 15) is 14.7 Å². The van der Waals surface area contributed by atoms with Crippen LogP contribution in [0.5, 0.6) is 17.2 Å². The van der Waals surface area contributed by atoms with Gasteiger partial charge in [-0.1, -0.05) is 18.2 Å². The van der Waals surface area contributed by atoms with Crippen molar-refractivity contribution in [2.45, 2.75) is 27.3 Å². The smallest absolute Gasteiger partial charge is 0.342 e. The summed E-state index contributed by atoms with van der Waals surface area (Å²) in [6.45, 7) is 5.86. The van der Waals surface area contributed by atoms with E-state index in [0.717, 1.165) is 22.7 Å². The van der Waals surface area contributed by atoms with Crippen LogP contribution in [0, 0.1) is 20.8 Å². The van der Waals surface area contributed by atoms with E-state index in [1.807, 2.05) is 36.6 Å². The predicted octanol–water partition coefficient (Wildman–Crippen LogP) is 3.94. The van der Waals surface area contributed by atoms with Gasteiger partial charge < -0.3 is 23.9 Å². The number of aromatic nitrogens is 1. The molecule has 160 valence electrons. The Morgan fingerprint density at radius 1 is 1.03 bits per heavy atom. The van der Waals surface area contributed by atoms with Gasteiger partial charge in [0.15, 0.2) is 18.1 Å². The van der Waals surface area contributed by atoms with E-state index in [-0.39, 0.29) is 23.9 Å². The lowest BCUT2D eigenvalue weighted by molar-refractivity contribution is 0.0471. The molecule has 0 spiro atoms. The highest BCUT2D eigenvalue weighted by atomic mass is 16.7. The molecule has 2 aromatic carbocycles. The predicted molar refractivity (Wildman–Crippen MR) is 113 cm³/mol. The third-order valence-corrected chi connectivity index (χ3v) is 5.44. The van der Waals surface area contributed by atoms with Crippen molar-refractivity contribution in [1.29, 1.82) is 0 Å². The second kappa shape index (κ2) is 8.18. The Balaban J connectivity index is 1.47. The van der Waals surface area contributed by atoms with Crippen LogP contribution < -0.4 is 9.47 Å². The van der Waals surface area contributed by atoms with Crippen LogP contribution in [0.15, 0.2) is 42.5 Å². The number of fused-ring (bicyclic) bond motifs is 1. The molecule has 0 aliphatic carbocycles. The van der Waals surface area contributed by atoms with E-state index in [1.165, 1.54) is 6.07 Å². The first-order valence-corrected chi connectivity index (χ1v) is 9.89. The number of carbonyl (C=O) groups is 2. The highest BCUT2D eigenvalue weighted by Crippen LogP contribution is 2.33. The average molecular weight is 421 g/mol. The third kappa shape index (κ3) is 3.99. The maximum Gasteiger partial charge on any atom is 0.342 e. The van der Waals surface area contributed by atoms with E-state index >= 15 is 0 Å². The van der Waals surface area contributed by atoms with Crippen molar-refractivity contribution in [3.05, 3.63) is 76.1 Å². The highest BCUT2D eigenvalue weighted by molar-refractivity contribution is 6.01. The summed E-state index contributed by atoms with van der Waals surface area (Å²) >= 11 is 0. The van der Waals surface area contributed by atoms with Crippen LogP contribution >= 0.6 is 0 Å². The molecule has 0 amide bonds. The van der Waals surface area contributed by atoms with Gasteiger partial charge in [0.05, 0.1) is 0 Å². The molecule has 1 N–H and O–H groups in total. The zero-order chi connectivity index (χ0) is 22.1. The summed E-state index contributed by atoms with van der Waals surface area (Å²) in [6, 6.07) is 12.4. The Kier molecular flexibility index (Phi) is 5.42. The van der Waals surface area contributed by atoms with Gasteiger partial charge in [0.25, 0.3) is 0 Å². The number of ether oxygens (including phenoxy) is 3. The summed E-state index contributed by atoms with van der Waals surface area (Å²) in [5.41, 5.74) is 3.83. The maximum absolute atomic E-state index is 12.7. The Hall–Kier alpha value is -3.74. The van der Waals surface area contributed by atoms with Gasteiger partial charge in [-0.15, -0.1) is 0 Å². The molecule has 1 aliphatic rings. The minimum absolute atomic E-state index is 0.0427. The van der Waals surface area contributed by atoms with Crippen LogP contribution in [0.25, 0.3) is 0 Å². The molecule has 0 fully saturated rings. The van der Waals surface area contributed by atoms with Crippen LogP contribution in [0.1, 0.15) is 43.2 Å². The molecule has 0 unspecified atom stereocenters. The first-order valence-electron chi connectivity index (χ1n) is 9.89. The van der Waals surface area contributed by atoms with Gasteiger partial charge in [0, 0.05) is 23.5 Å². The van der Waals surface area contributed by atoms with Crippen LogP contribution in [-0.4, -0.2) is 34.8 Å². The second-order valence-corrected chi connectivity index (χ2v) is 7.53. The van der Waals surface area contributed by atoms with Gasteiger partial charge in [-0.25, -0.2) is 4.79 Å². The third-order valence-electron chi connectivity index (χ3n) is 5.44. The molecule has 0 saturated carbocycles. The SMILES string of the molecule is Cc1cccc(C(=O)OCC(=O)c2cc(C)n(Cc3ccc4c(c3)OCO4)c2C)c1O. The molecule has 0 bridgehead atoms. The van der Waals surface area contributed by atoms with Crippen LogP contribution in [0.2, 0.25) is 0 Å². The minimum Gasteiger partial charge on any atom is -0.507 e. The largest absolute Gasteiger partial charge is 0.507 e. The highest BCUT2D eigenvalue weighted by Gasteiger charge is 2.20. The molecule has 7 heteroatoms. The summed E-state index contributed by atoms with van der Waals surface area (Å²) in [5.74, 6) is 0.265. The number of ketones is 1. The molecule has 3 aromatic rings. The zero-order valence-electron chi connectivity index (χ0n) is 17.6. The van der Waals surface area contributed by atoms with Gasteiger partial charge in [-0.3, -0.25) is 4.79 Å². The number of aromatic hydroxyl groups is 1. The average Bonchev–Trinajstić information content (AvgIpc) is 3.33. The second-order valence-electron chi connectivity index (χ2n) is 7.53. The lowest BCUT2D eigenvalue weighted by Gasteiger charge is -2.11. The van der Waals surface area contributed by atoms with Crippen molar-refractivity contribution in [2.24, 2.45) is 0 Å². The molecule has 31 heavy (non-hydrogen) atoms. The van der Waals surface area contributed by atoms with Gasteiger partial charge in [0.2, 0.25) is 12.6 Å². The number of rotatable bonds is 6.